The highest BCUT2D eigenvalue weighted by Crippen LogP contribution is 2.24. The van der Waals surface area contributed by atoms with Crippen molar-refractivity contribution in [2.45, 2.75) is 20.0 Å². The van der Waals surface area contributed by atoms with E-state index in [2.05, 4.69) is 5.32 Å². The largest absolute Gasteiger partial charge is 0.482 e. The zero-order valence-corrected chi connectivity index (χ0v) is 16.4. The molecule has 0 radical (unpaired) electrons. The maximum Gasteiger partial charge on any atom is 0.261 e. The van der Waals surface area contributed by atoms with Crippen LogP contribution in [-0.2, 0) is 22.7 Å². The summed E-state index contributed by atoms with van der Waals surface area (Å²) < 4.78 is 5.75. The van der Waals surface area contributed by atoms with Crippen molar-refractivity contribution in [3.8, 4) is 5.75 Å². The van der Waals surface area contributed by atoms with Gasteiger partial charge in [-0.2, -0.15) is 0 Å². The van der Waals surface area contributed by atoms with Gasteiger partial charge in [-0.05, 0) is 23.3 Å². The van der Waals surface area contributed by atoms with E-state index in [1.54, 1.807) is 29.2 Å². The van der Waals surface area contributed by atoms with Crippen LogP contribution in [0.25, 0.3) is 0 Å². The molecule has 3 rings (SSSR count). The van der Waals surface area contributed by atoms with Crippen LogP contribution in [0.1, 0.15) is 18.1 Å². The van der Waals surface area contributed by atoms with Crippen molar-refractivity contribution in [1.29, 1.82) is 0 Å². The normalized spacial score (nSPS) is 10.2. The number of amides is 2. The fourth-order valence-corrected chi connectivity index (χ4v) is 2.96. The number of ether oxygens (including phenoxy) is 1. The van der Waals surface area contributed by atoms with Crippen molar-refractivity contribution in [3.05, 3.63) is 96.1 Å². The van der Waals surface area contributed by atoms with Crippen LogP contribution in [-0.4, -0.2) is 23.3 Å². The lowest BCUT2D eigenvalue weighted by Gasteiger charge is -2.23. The third kappa shape index (κ3) is 6.21. The molecule has 5 nitrogen and oxygen atoms in total. The van der Waals surface area contributed by atoms with Crippen LogP contribution < -0.4 is 10.1 Å². The molecule has 0 fully saturated rings. The van der Waals surface area contributed by atoms with Gasteiger partial charge in [0.1, 0.15) is 5.75 Å². The highest BCUT2D eigenvalue weighted by Gasteiger charge is 2.16. The van der Waals surface area contributed by atoms with E-state index in [0.717, 1.165) is 11.1 Å². The van der Waals surface area contributed by atoms with Gasteiger partial charge in [-0.15, -0.1) is 0 Å². The van der Waals surface area contributed by atoms with E-state index in [4.69, 9.17) is 4.74 Å². The van der Waals surface area contributed by atoms with Crippen LogP contribution in [0.3, 0.4) is 0 Å². The van der Waals surface area contributed by atoms with E-state index < -0.39 is 0 Å². The third-order valence-electron chi connectivity index (χ3n) is 4.33. The summed E-state index contributed by atoms with van der Waals surface area (Å²) in [6.45, 7) is 2.30. The number of para-hydroxylation sites is 2. The number of benzene rings is 3. The topological polar surface area (TPSA) is 58.6 Å². The summed E-state index contributed by atoms with van der Waals surface area (Å²) in [5, 5.41) is 2.72. The second-order valence-electron chi connectivity index (χ2n) is 6.69. The summed E-state index contributed by atoms with van der Waals surface area (Å²) in [7, 11) is 0. The first-order chi connectivity index (χ1) is 14.1. The minimum Gasteiger partial charge on any atom is -0.482 e. The molecule has 0 saturated carbocycles. The highest BCUT2D eigenvalue weighted by molar-refractivity contribution is 5.90. The molecule has 0 heterocycles. The lowest BCUT2D eigenvalue weighted by molar-refractivity contribution is -0.134. The summed E-state index contributed by atoms with van der Waals surface area (Å²) in [5.41, 5.74) is 2.65. The zero-order chi connectivity index (χ0) is 20.5. The van der Waals surface area contributed by atoms with Crippen LogP contribution >= 0.6 is 0 Å². The van der Waals surface area contributed by atoms with E-state index in [1.807, 2.05) is 60.7 Å². The average molecular weight is 388 g/mol. The predicted octanol–water partition coefficient (Wildman–Crippen LogP) is 4.25. The van der Waals surface area contributed by atoms with Gasteiger partial charge >= 0.3 is 0 Å². The van der Waals surface area contributed by atoms with Crippen molar-refractivity contribution in [3.63, 3.8) is 0 Å². The molecule has 29 heavy (non-hydrogen) atoms. The molecule has 0 aliphatic rings. The van der Waals surface area contributed by atoms with Gasteiger partial charge in [-0.1, -0.05) is 72.8 Å². The van der Waals surface area contributed by atoms with Gasteiger partial charge in [0.25, 0.3) is 5.91 Å². The Balaban J connectivity index is 1.72. The van der Waals surface area contributed by atoms with Crippen LogP contribution in [0.5, 0.6) is 5.75 Å². The van der Waals surface area contributed by atoms with Gasteiger partial charge in [-0.25, -0.2) is 0 Å². The molecule has 148 valence electrons. The van der Waals surface area contributed by atoms with Gasteiger partial charge in [-0.3, -0.25) is 9.59 Å². The number of carbonyl (C=O) groups is 2. The Labute approximate surface area is 170 Å². The molecular weight excluding hydrogens is 364 g/mol. The number of nitrogens with one attached hydrogen (secondary N) is 1. The Morgan fingerprint density at radius 1 is 0.793 bits per heavy atom. The monoisotopic (exact) mass is 388 g/mol. The lowest BCUT2D eigenvalue weighted by atomic mass is 10.1. The Morgan fingerprint density at radius 2 is 1.31 bits per heavy atom. The van der Waals surface area contributed by atoms with Crippen LogP contribution in [0.4, 0.5) is 5.69 Å². The Morgan fingerprint density at radius 3 is 1.86 bits per heavy atom. The molecule has 1 N–H and O–H groups in total. The molecule has 0 atom stereocenters. The van der Waals surface area contributed by atoms with E-state index in [1.165, 1.54) is 6.92 Å². The quantitative estimate of drug-likeness (QED) is 0.627. The van der Waals surface area contributed by atoms with E-state index in [-0.39, 0.29) is 18.4 Å². The number of anilines is 1. The molecule has 5 heteroatoms. The minimum absolute atomic E-state index is 0.115. The summed E-state index contributed by atoms with van der Waals surface area (Å²) in [6, 6.07) is 26.8. The van der Waals surface area contributed by atoms with Crippen LogP contribution in [0.15, 0.2) is 84.9 Å². The average Bonchev–Trinajstić information content (AvgIpc) is 2.73. The fraction of sp³-hybridized carbons (Fsp3) is 0.167. The third-order valence-corrected chi connectivity index (χ3v) is 4.33. The maximum absolute atomic E-state index is 13.0. The predicted molar refractivity (Wildman–Crippen MR) is 113 cm³/mol. The van der Waals surface area contributed by atoms with E-state index >= 15 is 0 Å². The molecule has 3 aromatic carbocycles. The first-order valence-electron chi connectivity index (χ1n) is 9.47. The van der Waals surface area contributed by atoms with Gasteiger partial charge in [0.15, 0.2) is 6.61 Å². The molecule has 0 spiro atoms. The first kappa shape index (κ1) is 20.1. The number of rotatable bonds is 8. The van der Waals surface area contributed by atoms with Crippen molar-refractivity contribution < 1.29 is 14.3 Å². The standard InChI is InChI=1S/C24H24N2O3/c1-19(27)25-22-14-8-9-15-23(22)29-18-24(28)26(16-20-10-4-2-5-11-20)17-21-12-6-3-7-13-21/h2-15H,16-18H2,1H3,(H,25,27). The molecule has 0 aromatic heterocycles. The van der Waals surface area contributed by atoms with E-state index in [0.29, 0.717) is 24.5 Å². The minimum atomic E-state index is -0.192. The van der Waals surface area contributed by atoms with Gasteiger partial charge in [0, 0.05) is 20.0 Å². The Kier molecular flexibility index (Phi) is 7.00. The number of carbonyl (C=O) groups excluding carboxylic acids is 2. The molecule has 0 aliphatic carbocycles. The smallest absolute Gasteiger partial charge is 0.261 e. The maximum atomic E-state index is 13.0. The molecule has 0 aliphatic heterocycles. The molecule has 3 aromatic rings. The number of nitrogens with zero attached hydrogens (tertiary/aromatic N) is 1. The summed E-state index contributed by atoms with van der Waals surface area (Å²) in [4.78, 5) is 26.1. The summed E-state index contributed by atoms with van der Waals surface area (Å²) >= 11 is 0. The van der Waals surface area contributed by atoms with E-state index in [9.17, 15) is 9.59 Å². The highest BCUT2D eigenvalue weighted by atomic mass is 16.5. The van der Waals surface area contributed by atoms with Gasteiger partial charge in [0.05, 0.1) is 5.69 Å². The number of hydrogen-bond acceptors (Lipinski definition) is 3. The molecule has 0 bridgehead atoms. The fourth-order valence-electron chi connectivity index (χ4n) is 2.96. The molecule has 0 unspecified atom stereocenters. The van der Waals surface area contributed by atoms with Crippen LogP contribution in [0.2, 0.25) is 0 Å². The van der Waals surface area contributed by atoms with Gasteiger partial charge in [0.2, 0.25) is 5.91 Å². The summed E-state index contributed by atoms with van der Waals surface area (Å²) in [5.74, 6) is 0.146. The summed E-state index contributed by atoms with van der Waals surface area (Å²) in [6.07, 6.45) is 0. The van der Waals surface area contributed by atoms with Crippen molar-refractivity contribution in [2.75, 3.05) is 11.9 Å². The SMILES string of the molecule is CC(=O)Nc1ccccc1OCC(=O)N(Cc1ccccc1)Cc1ccccc1. The van der Waals surface area contributed by atoms with Gasteiger partial charge < -0.3 is 15.0 Å². The van der Waals surface area contributed by atoms with Crippen molar-refractivity contribution >= 4 is 17.5 Å². The first-order valence-corrected chi connectivity index (χ1v) is 9.47. The zero-order valence-electron chi connectivity index (χ0n) is 16.4. The van der Waals surface area contributed by atoms with Crippen molar-refractivity contribution in [2.24, 2.45) is 0 Å². The Hall–Kier alpha value is -3.60. The second-order valence-corrected chi connectivity index (χ2v) is 6.69. The molecule has 0 saturated heterocycles. The molecular formula is C24H24N2O3. The molecule has 2 amide bonds. The van der Waals surface area contributed by atoms with Crippen molar-refractivity contribution in [1.82, 2.24) is 4.90 Å². The number of hydrogen-bond donors (Lipinski definition) is 1. The second kappa shape index (κ2) is 10.1. The Bertz CT molecular complexity index is 901. The lowest BCUT2D eigenvalue weighted by Crippen LogP contribution is -2.34. The van der Waals surface area contributed by atoms with Crippen LogP contribution in [0, 0.1) is 0 Å².